The lowest BCUT2D eigenvalue weighted by Crippen LogP contribution is -2.42. The average Bonchev–Trinajstić information content (AvgIpc) is 3.04. The van der Waals surface area contributed by atoms with E-state index in [0.717, 1.165) is 18.5 Å². The number of piperidine rings is 1. The Hall–Kier alpha value is -1.95. The van der Waals surface area contributed by atoms with Gasteiger partial charge < -0.3 is 9.52 Å². The lowest BCUT2D eigenvalue weighted by Gasteiger charge is -2.35. The molecule has 0 spiro atoms. The fourth-order valence-electron chi connectivity index (χ4n) is 3.85. The minimum Gasteiger partial charge on any atom is -0.464 e. The van der Waals surface area contributed by atoms with Crippen molar-refractivity contribution in [3.63, 3.8) is 0 Å². The molecule has 1 N–H and O–H groups in total. The maximum atomic E-state index is 12.8. The van der Waals surface area contributed by atoms with Crippen LogP contribution in [0.2, 0.25) is 0 Å². The van der Waals surface area contributed by atoms with Gasteiger partial charge in [-0.3, -0.25) is 9.69 Å². The summed E-state index contributed by atoms with van der Waals surface area (Å²) in [5, 5.41) is 13.4. The van der Waals surface area contributed by atoms with Gasteiger partial charge in [0.05, 0.1) is 17.8 Å². The van der Waals surface area contributed by atoms with Crippen LogP contribution in [0, 0.1) is 13.8 Å². The van der Waals surface area contributed by atoms with E-state index in [9.17, 15) is 9.90 Å². The predicted octanol–water partition coefficient (Wildman–Crippen LogP) is 3.82. The Morgan fingerprint density at radius 1 is 1.31 bits per heavy atom. The van der Waals surface area contributed by atoms with Gasteiger partial charge >= 0.3 is 0 Å². The summed E-state index contributed by atoms with van der Waals surface area (Å²) in [6.45, 7) is 6.03. The Kier molecular flexibility index (Phi) is 4.69. The Labute approximate surface area is 156 Å². The minimum atomic E-state index is -0.407. The molecule has 2 aromatic heterocycles. The number of aliphatic hydroxyl groups excluding tert-OH is 1. The first-order valence-corrected chi connectivity index (χ1v) is 9.86. The van der Waals surface area contributed by atoms with Gasteiger partial charge in [0.25, 0.3) is 0 Å². The monoisotopic (exact) mass is 369 g/mol. The summed E-state index contributed by atoms with van der Waals surface area (Å²) < 4.78 is 5.66. The van der Waals surface area contributed by atoms with E-state index < -0.39 is 6.10 Å². The molecule has 4 rings (SSSR count). The number of aryl methyl sites for hydroxylation is 2. The molecule has 1 aliphatic heterocycles. The van der Waals surface area contributed by atoms with Crippen molar-refractivity contribution in [2.75, 3.05) is 13.1 Å². The first kappa shape index (κ1) is 17.5. The molecule has 3 aromatic rings. The number of aliphatic hydroxyl groups is 1. The largest absolute Gasteiger partial charge is 0.464 e. The highest BCUT2D eigenvalue weighted by molar-refractivity contribution is 7.10. The lowest BCUT2D eigenvalue weighted by atomic mass is 9.90. The fraction of sp³-hybridized carbons (Fsp3) is 0.381. The van der Waals surface area contributed by atoms with Crippen molar-refractivity contribution in [3.8, 4) is 0 Å². The Bertz CT molecular complexity index is 990. The van der Waals surface area contributed by atoms with Crippen LogP contribution in [0.15, 0.2) is 45.1 Å². The number of nitrogens with zero attached hydrogens (tertiary/aromatic N) is 1. The van der Waals surface area contributed by atoms with Gasteiger partial charge in [-0.2, -0.15) is 0 Å². The molecule has 2 atom stereocenters. The standard InChI is InChI=1S/C21H23NO3S/c1-13-3-4-19-17(9-13)20(24)15(12-25-19)10-22-7-5-16(18(23)11-22)21-14(2)6-8-26-21/h3-4,6,8-9,12,16,18,23H,5,7,10-11H2,1-2H3/t16-,18-/m0/s1. The topological polar surface area (TPSA) is 53.7 Å². The molecule has 0 bridgehead atoms. The van der Waals surface area contributed by atoms with E-state index in [-0.39, 0.29) is 11.3 Å². The Morgan fingerprint density at radius 2 is 2.15 bits per heavy atom. The van der Waals surface area contributed by atoms with Gasteiger partial charge in [-0.25, -0.2) is 0 Å². The van der Waals surface area contributed by atoms with Crippen molar-refractivity contribution < 1.29 is 9.52 Å². The second kappa shape index (κ2) is 6.99. The van der Waals surface area contributed by atoms with Gasteiger partial charge in [-0.1, -0.05) is 11.6 Å². The molecule has 26 heavy (non-hydrogen) atoms. The molecule has 0 saturated carbocycles. The van der Waals surface area contributed by atoms with E-state index in [1.165, 1.54) is 10.4 Å². The molecule has 136 valence electrons. The molecule has 1 aliphatic rings. The number of β-amino-alcohol motifs (C(OH)–C–C–N with tert-alkyl or cyclic N) is 1. The zero-order valence-corrected chi connectivity index (χ0v) is 15.9. The molecule has 0 amide bonds. The van der Waals surface area contributed by atoms with Crippen LogP contribution >= 0.6 is 11.3 Å². The van der Waals surface area contributed by atoms with E-state index in [1.807, 2.05) is 25.1 Å². The van der Waals surface area contributed by atoms with Crippen molar-refractivity contribution in [2.45, 2.75) is 38.8 Å². The first-order valence-electron chi connectivity index (χ1n) is 8.98. The van der Waals surface area contributed by atoms with Crippen LogP contribution in [0.4, 0.5) is 0 Å². The Morgan fingerprint density at radius 3 is 2.88 bits per heavy atom. The smallest absolute Gasteiger partial charge is 0.197 e. The highest BCUT2D eigenvalue weighted by Crippen LogP contribution is 2.34. The van der Waals surface area contributed by atoms with Crippen molar-refractivity contribution in [3.05, 3.63) is 67.7 Å². The third-order valence-electron chi connectivity index (χ3n) is 5.30. The number of rotatable bonds is 3. The molecule has 1 fully saturated rings. The zero-order chi connectivity index (χ0) is 18.3. The van der Waals surface area contributed by atoms with Crippen molar-refractivity contribution >= 4 is 22.3 Å². The van der Waals surface area contributed by atoms with Gasteiger partial charge in [0.1, 0.15) is 5.58 Å². The van der Waals surface area contributed by atoms with Crippen LogP contribution in [0.25, 0.3) is 11.0 Å². The lowest BCUT2D eigenvalue weighted by molar-refractivity contribution is 0.0482. The minimum absolute atomic E-state index is 0.0284. The summed E-state index contributed by atoms with van der Waals surface area (Å²) in [5.41, 5.74) is 3.61. The zero-order valence-electron chi connectivity index (χ0n) is 15.1. The summed E-state index contributed by atoms with van der Waals surface area (Å²) in [6.07, 6.45) is 2.07. The Balaban J connectivity index is 1.52. The third kappa shape index (κ3) is 3.22. The highest BCUT2D eigenvalue weighted by Gasteiger charge is 2.30. The van der Waals surface area contributed by atoms with Crippen LogP contribution < -0.4 is 5.43 Å². The van der Waals surface area contributed by atoms with Crippen LogP contribution in [0.3, 0.4) is 0 Å². The molecular formula is C21H23NO3S. The summed E-state index contributed by atoms with van der Waals surface area (Å²) >= 11 is 1.73. The maximum Gasteiger partial charge on any atom is 0.197 e. The highest BCUT2D eigenvalue weighted by atomic mass is 32.1. The number of likely N-dealkylation sites (tertiary alicyclic amines) is 1. The van der Waals surface area contributed by atoms with Crippen molar-refractivity contribution in [1.29, 1.82) is 0 Å². The SMILES string of the molecule is Cc1ccc2occ(CN3CC[C@H](c4sccc4C)[C@@H](O)C3)c(=O)c2c1. The van der Waals surface area contributed by atoms with E-state index in [0.29, 0.717) is 29.6 Å². The number of hydrogen-bond acceptors (Lipinski definition) is 5. The van der Waals surface area contributed by atoms with Gasteiger partial charge in [0, 0.05) is 29.4 Å². The summed E-state index contributed by atoms with van der Waals surface area (Å²) in [4.78, 5) is 16.2. The summed E-state index contributed by atoms with van der Waals surface area (Å²) in [6, 6.07) is 7.78. The quantitative estimate of drug-likeness (QED) is 0.762. The molecule has 1 aromatic carbocycles. The molecule has 3 heterocycles. The normalized spacial score (nSPS) is 21.3. The molecule has 0 aliphatic carbocycles. The molecular weight excluding hydrogens is 346 g/mol. The van der Waals surface area contributed by atoms with Crippen LogP contribution in [0.1, 0.15) is 33.9 Å². The number of thiophene rings is 1. The van der Waals surface area contributed by atoms with Gasteiger partial charge in [0.2, 0.25) is 0 Å². The van der Waals surface area contributed by atoms with Gasteiger partial charge in [0.15, 0.2) is 5.43 Å². The van der Waals surface area contributed by atoms with Crippen molar-refractivity contribution in [1.82, 2.24) is 4.90 Å². The van der Waals surface area contributed by atoms with Gasteiger partial charge in [-0.15, -0.1) is 11.3 Å². The number of fused-ring (bicyclic) bond motifs is 1. The van der Waals surface area contributed by atoms with Crippen molar-refractivity contribution in [2.24, 2.45) is 0 Å². The molecule has 0 radical (unpaired) electrons. The third-order valence-corrected chi connectivity index (χ3v) is 6.45. The fourth-order valence-corrected chi connectivity index (χ4v) is 4.97. The molecule has 4 nitrogen and oxygen atoms in total. The molecule has 1 saturated heterocycles. The van der Waals surface area contributed by atoms with Crippen LogP contribution in [0.5, 0.6) is 0 Å². The second-order valence-corrected chi connectivity index (χ2v) is 8.20. The number of benzene rings is 1. The van der Waals surface area contributed by atoms with Crippen LogP contribution in [-0.4, -0.2) is 29.2 Å². The summed E-state index contributed by atoms with van der Waals surface area (Å²) in [5.74, 6) is 0.196. The second-order valence-electron chi connectivity index (χ2n) is 7.26. The maximum absolute atomic E-state index is 12.8. The molecule has 0 unspecified atom stereocenters. The average molecular weight is 369 g/mol. The van der Waals surface area contributed by atoms with Crippen LogP contribution in [-0.2, 0) is 6.54 Å². The molecule has 5 heteroatoms. The summed E-state index contributed by atoms with van der Waals surface area (Å²) in [7, 11) is 0. The van der Waals surface area contributed by atoms with E-state index >= 15 is 0 Å². The van der Waals surface area contributed by atoms with E-state index in [1.54, 1.807) is 17.6 Å². The first-order chi connectivity index (χ1) is 12.5. The van der Waals surface area contributed by atoms with E-state index in [4.69, 9.17) is 4.42 Å². The predicted molar refractivity (Wildman–Crippen MR) is 105 cm³/mol. The number of hydrogen-bond donors (Lipinski definition) is 1. The van der Waals surface area contributed by atoms with E-state index in [2.05, 4.69) is 23.3 Å². The van der Waals surface area contributed by atoms with Gasteiger partial charge in [-0.05, 0) is 56.0 Å².